The van der Waals surface area contributed by atoms with Gasteiger partial charge in [-0.15, -0.1) is 0 Å². The lowest BCUT2D eigenvalue weighted by Gasteiger charge is -2.30. The number of halogens is 1. The fourth-order valence-electron chi connectivity index (χ4n) is 4.54. The Morgan fingerprint density at radius 1 is 1.09 bits per heavy atom. The number of rotatable bonds is 3. The Hall–Kier alpha value is -3.92. The zero-order valence-corrected chi connectivity index (χ0v) is 18.0. The van der Waals surface area contributed by atoms with Crippen LogP contribution in [0.1, 0.15) is 18.9 Å². The first-order valence-electron chi connectivity index (χ1n) is 10.9. The first kappa shape index (κ1) is 19.7. The maximum absolute atomic E-state index is 14.9. The van der Waals surface area contributed by atoms with Gasteiger partial charge in [-0.25, -0.2) is 14.4 Å². The molecule has 0 bridgehead atoms. The number of aromatic amines is 1. The summed E-state index contributed by atoms with van der Waals surface area (Å²) in [6, 6.07) is 7.59. The number of nitrogens with one attached hydrogen (secondary N) is 1. The maximum atomic E-state index is 14.9. The van der Waals surface area contributed by atoms with E-state index in [-0.39, 0.29) is 17.4 Å². The topological polar surface area (TPSA) is 114 Å². The Morgan fingerprint density at radius 2 is 1.94 bits per heavy atom. The van der Waals surface area contributed by atoms with Crippen LogP contribution in [0.3, 0.4) is 0 Å². The minimum absolute atomic E-state index is 0.180. The molecule has 0 aromatic carbocycles. The number of nitrogens with two attached hydrogens (primary N) is 1. The van der Waals surface area contributed by atoms with E-state index in [4.69, 9.17) is 5.73 Å². The van der Waals surface area contributed by atoms with E-state index in [1.807, 2.05) is 28.8 Å². The van der Waals surface area contributed by atoms with E-state index in [1.54, 1.807) is 12.4 Å². The third-order valence-electron chi connectivity index (χ3n) is 6.31. The first-order valence-corrected chi connectivity index (χ1v) is 10.9. The molecule has 1 aliphatic rings. The number of hydrogen-bond donors (Lipinski definition) is 2. The number of nitrogen functional groups attached to an aromatic ring is 1. The van der Waals surface area contributed by atoms with E-state index >= 15 is 0 Å². The summed E-state index contributed by atoms with van der Waals surface area (Å²) in [6.45, 7) is 1.92. The molecule has 10 heteroatoms. The SMILES string of the molecule is CN1CCC(n2cc(F)c3nc(-c4cc(-c5ccnc6cccnc56)n[nH]4)c(N)nc32)CC1. The summed E-state index contributed by atoms with van der Waals surface area (Å²) >= 11 is 0. The number of hydrogen-bond acceptors (Lipinski definition) is 7. The van der Waals surface area contributed by atoms with Crippen LogP contribution in [0.2, 0.25) is 0 Å². The molecule has 1 fully saturated rings. The second kappa shape index (κ2) is 7.59. The third-order valence-corrected chi connectivity index (χ3v) is 6.31. The van der Waals surface area contributed by atoms with Crippen molar-refractivity contribution in [2.24, 2.45) is 0 Å². The van der Waals surface area contributed by atoms with Gasteiger partial charge in [-0.05, 0) is 57.2 Å². The molecular weight excluding hydrogens is 421 g/mol. The second-order valence-electron chi connectivity index (χ2n) is 8.44. The molecule has 0 atom stereocenters. The van der Waals surface area contributed by atoms with E-state index in [9.17, 15) is 4.39 Å². The molecule has 9 nitrogen and oxygen atoms in total. The van der Waals surface area contributed by atoms with E-state index in [0.717, 1.165) is 42.5 Å². The van der Waals surface area contributed by atoms with Crippen molar-refractivity contribution in [1.29, 1.82) is 0 Å². The molecule has 1 saturated heterocycles. The molecule has 166 valence electrons. The second-order valence-corrected chi connectivity index (χ2v) is 8.44. The van der Waals surface area contributed by atoms with Crippen LogP contribution in [0.25, 0.3) is 44.8 Å². The lowest BCUT2D eigenvalue weighted by atomic mass is 10.1. The summed E-state index contributed by atoms with van der Waals surface area (Å²) in [5.74, 6) is -0.176. The van der Waals surface area contributed by atoms with Crippen molar-refractivity contribution in [1.82, 2.24) is 39.6 Å². The standard InChI is InChI=1S/C23H22FN9/c1-32-9-5-13(6-10-32)33-12-15(24)20-23(33)29-22(25)21(28-20)18-11-17(30-31-18)14-4-8-26-16-3-2-7-27-19(14)16/h2-4,7-8,11-13H,5-6,9-10H2,1H3,(H2,25,29)(H,30,31). The van der Waals surface area contributed by atoms with E-state index in [2.05, 4.69) is 42.1 Å². The smallest absolute Gasteiger partial charge is 0.168 e. The molecule has 0 saturated carbocycles. The first-order chi connectivity index (χ1) is 16.1. The highest BCUT2D eigenvalue weighted by atomic mass is 19.1. The van der Waals surface area contributed by atoms with Gasteiger partial charge in [0.1, 0.15) is 11.2 Å². The van der Waals surface area contributed by atoms with Crippen LogP contribution in [0.15, 0.2) is 42.9 Å². The zero-order valence-electron chi connectivity index (χ0n) is 18.0. The highest BCUT2D eigenvalue weighted by Crippen LogP contribution is 2.32. The summed E-state index contributed by atoms with van der Waals surface area (Å²) in [6.07, 6.45) is 6.80. The van der Waals surface area contributed by atoms with Gasteiger partial charge < -0.3 is 15.2 Å². The molecule has 0 aliphatic carbocycles. The third kappa shape index (κ3) is 3.30. The van der Waals surface area contributed by atoms with Crippen molar-refractivity contribution < 1.29 is 4.39 Å². The molecule has 5 aromatic heterocycles. The minimum Gasteiger partial charge on any atom is -0.382 e. The van der Waals surface area contributed by atoms with Crippen LogP contribution in [0.4, 0.5) is 10.2 Å². The predicted molar refractivity (Wildman–Crippen MR) is 124 cm³/mol. The predicted octanol–water partition coefficient (Wildman–Crippen LogP) is 3.42. The zero-order chi connectivity index (χ0) is 22.5. The lowest BCUT2D eigenvalue weighted by Crippen LogP contribution is -2.31. The number of likely N-dealkylation sites (tertiary alicyclic amines) is 1. The fourth-order valence-corrected chi connectivity index (χ4v) is 4.54. The molecule has 33 heavy (non-hydrogen) atoms. The van der Waals surface area contributed by atoms with Crippen LogP contribution in [0.5, 0.6) is 0 Å². The van der Waals surface area contributed by atoms with Crippen LogP contribution >= 0.6 is 0 Å². The Morgan fingerprint density at radius 3 is 2.79 bits per heavy atom. The summed E-state index contributed by atoms with van der Waals surface area (Å²) in [5.41, 5.74) is 10.9. The van der Waals surface area contributed by atoms with Gasteiger partial charge in [0.15, 0.2) is 17.3 Å². The highest BCUT2D eigenvalue weighted by molar-refractivity contribution is 5.91. The van der Waals surface area contributed by atoms with Crippen molar-refractivity contribution in [3.8, 4) is 22.6 Å². The van der Waals surface area contributed by atoms with Crippen LogP contribution in [-0.2, 0) is 0 Å². The highest BCUT2D eigenvalue weighted by Gasteiger charge is 2.24. The minimum atomic E-state index is -0.401. The number of piperidine rings is 1. The lowest BCUT2D eigenvalue weighted by molar-refractivity contribution is 0.223. The summed E-state index contributed by atoms with van der Waals surface area (Å²) in [7, 11) is 2.10. The Balaban J connectivity index is 1.41. The van der Waals surface area contributed by atoms with Gasteiger partial charge in [0, 0.05) is 30.2 Å². The van der Waals surface area contributed by atoms with Crippen LogP contribution < -0.4 is 5.73 Å². The number of anilines is 1. The van der Waals surface area contributed by atoms with Gasteiger partial charge in [0.2, 0.25) is 0 Å². The molecule has 3 N–H and O–H groups in total. The molecule has 0 spiro atoms. The summed E-state index contributed by atoms with van der Waals surface area (Å²) in [5, 5.41) is 7.39. The van der Waals surface area contributed by atoms with E-state index < -0.39 is 5.82 Å². The van der Waals surface area contributed by atoms with Crippen molar-refractivity contribution in [3.05, 3.63) is 48.7 Å². The van der Waals surface area contributed by atoms with Crippen molar-refractivity contribution in [2.75, 3.05) is 25.9 Å². The largest absolute Gasteiger partial charge is 0.382 e. The molecule has 1 aliphatic heterocycles. The number of H-pyrrole nitrogens is 1. The Kier molecular flexibility index (Phi) is 4.54. The quantitative estimate of drug-likeness (QED) is 0.439. The van der Waals surface area contributed by atoms with Gasteiger partial charge in [0.05, 0.1) is 22.4 Å². The van der Waals surface area contributed by atoms with Crippen molar-refractivity contribution in [3.63, 3.8) is 0 Å². The monoisotopic (exact) mass is 443 g/mol. The van der Waals surface area contributed by atoms with Crippen molar-refractivity contribution in [2.45, 2.75) is 18.9 Å². The van der Waals surface area contributed by atoms with Gasteiger partial charge in [-0.2, -0.15) is 5.10 Å². The van der Waals surface area contributed by atoms with Crippen LogP contribution in [0, 0.1) is 5.82 Å². The van der Waals surface area contributed by atoms with Gasteiger partial charge in [0.25, 0.3) is 0 Å². The normalized spacial score (nSPS) is 15.6. The van der Waals surface area contributed by atoms with E-state index in [1.165, 1.54) is 6.20 Å². The maximum Gasteiger partial charge on any atom is 0.168 e. The fraction of sp³-hybridized carbons (Fsp3) is 0.261. The van der Waals surface area contributed by atoms with Gasteiger partial charge in [-0.3, -0.25) is 15.1 Å². The number of pyridine rings is 2. The molecule has 6 heterocycles. The molecule has 5 aromatic rings. The van der Waals surface area contributed by atoms with Crippen molar-refractivity contribution >= 4 is 28.0 Å². The van der Waals surface area contributed by atoms with E-state index in [0.29, 0.717) is 22.7 Å². The Labute approximate surface area is 188 Å². The molecule has 0 amide bonds. The van der Waals surface area contributed by atoms with Gasteiger partial charge in [-0.1, -0.05) is 0 Å². The number of nitrogens with zero attached hydrogens (tertiary/aromatic N) is 7. The number of fused-ring (bicyclic) bond motifs is 2. The Bertz CT molecular complexity index is 1480. The average molecular weight is 443 g/mol. The summed E-state index contributed by atoms with van der Waals surface area (Å²) < 4.78 is 16.8. The molecule has 6 rings (SSSR count). The van der Waals surface area contributed by atoms with Crippen LogP contribution in [-0.4, -0.2) is 59.7 Å². The molecule has 0 radical (unpaired) electrons. The summed E-state index contributed by atoms with van der Waals surface area (Å²) in [4.78, 5) is 20.2. The number of aromatic nitrogens is 7. The molecular formula is C23H22FN9. The van der Waals surface area contributed by atoms with Gasteiger partial charge >= 0.3 is 0 Å². The molecule has 0 unspecified atom stereocenters. The average Bonchev–Trinajstić information content (AvgIpc) is 3.44.